The van der Waals surface area contributed by atoms with E-state index in [1.54, 1.807) is 0 Å². The highest BCUT2D eigenvalue weighted by atomic mass is 35.5. The van der Waals surface area contributed by atoms with E-state index in [0.717, 1.165) is 37.7 Å². The number of anilines is 1. The van der Waals surface area contributed by atoms with Gasteiger partial charge in [-0.25, -0.2) is 0 Å². The second kappa shape index (κ2) is 5.76. The molecule has 0 spiro atoms. The van der Waals surface area contributed by atoms with Crippen LogP contribution in [0.5, 0.6) is 0 Å². The summed E-state index contributed by atoms with van der Waals surface area (Å²) in [6.45, 7) is 8.55. The molecular weight excluding hydrogens is 255 g/mol. The van der Waals surface area contributed by atoms with E-state index in [-0.39, 0.29) is 0 Å². The molecule has 0 atom stereocenters. The van der Waals surface area contributed by atoms with Crippen LogP contribution in [0.1, 0.15) is 0 Å². The van der Waals surface area contributed by atoms with Crippen molar-refractivity contribution in [2.24, 2.45) is 0 Å². The number of hydrogen-bond acceptors (Lipinski definition) is 2. The lowest BCUT2D eigenvalue weighted by Crippen LogP contribution is -2.46. The fraction of sp³-hybridized carbons (Fsp3) is 0.385. The molecule has 0 N–H and O–H groups in total. The topological polar surface area (TPSA) is 6.48 Å². The summed E-state index contributed by atoms with van der Waals surface area (Å²) in [4.78, 5) is 4.66. The number of halogens is 2. The van der Waals surface area contributed by atoms with Crippen LogP contribution in [-0.2, 0) is 0 Å². The molecule has 1 heterocycles. The highest BCUT2D eigenvalue weighted by Crippen LogP contribution is 2.20. The summed E-state index contributed by atoms with van der Waals surface area (Å²) in [6.07, 6.45) is 0. The average Bonchev–Trinajstić information content (AvgIpc) is 2.29. The van der Waals surface area contributed by atoms with Gasteiger partial charge in [-0.15, -0.1) is 0 Å². The predicted octanol–water partition coefficient (Wildman–Crippen LogP) is 3.21. The Bertz CT molecular complexity index is 398. The predicted molar refractivity (Wildman–Crippen MR) is 75.1 cm³/mol. The van der Waals surface area contributed by atoms with Crippen molar-refractivity contribution in [2.75, 3.05) is 37.6 Å². The standard InChI is InChI=1S/C13H16Cl2N2/c1-11(14)10-16-5-7-17(8-6-16)13-4-2-3-12(15)9-13/h2-4,9H,1,5-8,10H2. The van der Waals surface area contributed by atoms with Crippen molar-refractivity contribution in [3.05, 3.63) is 40.9 Å². The summed E-state index contributed by atoms with van der Waals surface area (Å²) < 4.78 is 0. The Hall–Kier alpha value is -0.700. The summed E-state index contributed by atoms with van der Waals surface area (Å²) in [5.41, 5.74) is 1.20. The van der Waals surface area contributed by atoms with E-state index in [4.69, 9.17) is 23.2 Å². The van der Waals surface area contributed by atoms with Crippen LogP contribution in [-0.4, -0.2) is 37.6 Å². The first-order valence-corrected chi connectivity index (χ1v) is 6.47. The molecule has 1 aromatic rings. The van der Waals surface area contributed by atoms with Gasteiger partial charge >= 0.3 is 0 Å². The van der Waals surface area contributed by atoms with Gasteiger partial charge in [-0.3, -0.25) is 4.90 Å². The summed E-state index contributed by atoms with van der Waals surface area (Å²) in [6, 6.07) is 8.00. The zero-order valence-electron chi connectivity index (χ0n) is 9.70. The Balaban J connectivity index is 1.93. The Morgan fingerprint density at radius 3 is 2.53 bits per heavy atom. The molecule has 0 amide bonds. The average molecular weight is 271 g/mol. The number of nitrogens with zero attached hydrogens (tertiary/aromatic N) is 2. The lowest BCUT2D eigenvalue weighted by molar-refractivity contribution is 0.282. The van der Waals surface area contributed by atoms with E-state index < -0.39 is 0 Å². The quantitative estimate of drug-likeness (QED) is 0.833. The van der Waals surface area contributed by atoms with Gasteiger partial charge in [0.1, 0.15) is 0 Å². The van der Waals surface area contributed by atoms with Crippen molar-refractivity contribution < 1.29 is 0 Å². The molecule has 0 saturated carbocycles. The molecule has 0 aliphatic carbocycles. The van der Waals surface area contributed by atoms with E-state index in [9.17, 15) is 0 Å². The lowest BCUT2D eigenvalue weighted by atomic mass is 10.2. The molecule has 1 aromatic carbocycles. The van der Waals surface area contributed by atoms with Crippen molar-refractivity contribution in [2.45, 2.75) is 0 Å². The fourth-order valence-corrected chi connectivity index (χ4v) is 2.43. The van der Waals surface area contributed by atoms with Gasteiger partial charge in [0.25, 0.3) is 0 Å². The van der Waals surface area contributed by atoms with Crippen LogP contribution in [0.25, 0.3) is 0 Å². The van der Waals surface area contributed by atoms with Crippen LogP contribution in [0, 0.1) is 0 Å². The number of benzene rings is 1. The van der Waals surface area contributed by atoms with Crippen LogP contribution < -0.4 is 4.90 Å². The van der Waals surface area contributed by atoms with Crippen LogP contribution >= 0.6 is 23.2 Å². The summed E-state index contributed by atoms with van der Waals surface area (Å²) in [5, 5.41) is 1.50. The molecule has 0 unspecified atom stereocenters. The van der Waals surface area contributed by atoms with Gasteiger partial charge in [0, 0.05) is 48.5 Å². The Labute approximate surface area is 112 Å². The third kappa shape index (κ3) is 3.63. The van der Waals surface area contributed by atoms with E-state index in [0.29, 0.717) is 5.03 Å². The first-order chi connectivity index (χ1) is 8.15. The zero-order chi connectivity index (χ0) is 12.3. The van der Waals surface area contributed by atoms with Gasteiger partial charge < -0.3 is 4.90 Å². The molecule has 2 rings (SSSR count). The molecule has 1 fully saturated rings. The van der Waals surface area contributed by atoms with Crippen LogP contribution in [0.4, 0.5) is 5.69 Å². The number of rotatable bonds is 3. The Morgan fingerprint density at radius 1 is 1.24 bits per heavy atom. The van der Waals surface area contributed by atoms with Crippen molar-refractivity contribution >= 4 is 28.9 Å². The van der Waals surface area contributed by atoms with Gasteiger partial charge in [-0.2, -0.15) is 0 Å². The highest BCUT2D eigenvalue weighted by molar-refractivity contribution is 6.30. The molecule has 2 nitrogen and oxygen atoms in total. The second-order valence-electron chi connectivity index (χ2n) is 4.26. The van der Waals surface area contributed by atoms with Gasteiger partial charge in [0.05, 0.1) is 0 Å². The van der Waals surface area contributed by atoms with E-state index in [1.165, 1.54) is 5.69 Å². The lowest BCUT2D eigenvalue weighted by Gasteiger charge is -2.36. The molecule has 0 bridgehead atoms. The van der Waals surface area contributed by atoms with E-state index in [2.05, 4.69) is 22.4 Å². The van der Waals surface area contributed by atoms with Gasteiger partial charge in [0.15, 0.2) is 0 Å². The van der Waals surface area contributed by atoms with Crippen molar-refractivity contribution in [1.29, 1.82) is 0 Å². The third-order valence-corrected chi connectivity index (χ3v) is 3.30. The van der Waals surface area contributed by atoms with E-state index in [1.807, 2.05) is 18.2 Å². The molecular formula is C13H16Cl2N2. The molecule has 0 aromatic heterocycles. The minimum Gasteiger partial charge on any atom is -0.369 e. The Kier molecular flexibility index (Phi) is 4.32. The molecule has 1 saturated heterocycles. The maximum Gasteiger partial charge on any atom is 0.0426 e. The largest absolute Gasteiger partial charge is 0.369 e. The normalized spacial score (nSPS) is 17.2. The molecule has 17 heavy (non-hydrogen) atoms. The summed E-state index contributed by atoms with van der Waals surface area (Å²) in [5.74, 6) is 0. The number of piperazine rings is 1. The molecule has 0 radical (unpaired) electrons. The fourth-order valence-electron chi connectivity index (χ4n) is 2.08. The van der Waals surface area contributed by atoms with Crippen LogP contribution in [0.15, 0.2) is 35.9 Å². The minimum atomic E-state index is 0.709. The highest BCUT2D eigenvalue weighted by Gasteiger charge is 2.17. The van der Waals surface area contributed by atoms with E-state index >= 15 is 0 Å². The summed E-state index contributed by atoms with van der Waals surface area (Å²) in [7, 11) is 0. The maximum atomic E-state index is 6.00. The van der Waals surface area contributed by atoms with Crippen molar-refractivity contribution in [1.82, 2.24) is 4.90 Å². The van der Waals surface area contributed by atoms with Crippen LogP contribution in [0.3, 0.4) is 0 Å². The summed E-state index contributed by atoms with van der Waals surface area (Å²) >= 11 is 11.8. The Morgan fingerprint density at radius 2 is 1.94 bits per heavy atom. The minimum absolute atomic E-state index is 0.709. The second-order valence-corrected chi connectivity index (χ2v) is 5.23. The third-order valence-electron chi connectivity index (χ3n) is 2.94. The van der Waals surface area contributed by atoms with Crippen molar-refractivity contribution in [3.63, 3.8) is 0 Å². The zero-order valence-corrected chi connectivity index (χ0v) is 11.2. The van der Waals surface area contributed by atoms with Gasteiger partial charge in [-0.1, -0.05) is 35.8 Å². The first kappa shape index (κ1) is 12.7. The SMILES string of the molecule is C=C(Cl)CN1CCN(c2cccc(Cl)c2)CC1. The molecule has 1 aliphatic rings. The monoisotopic (exact) mass is 270 g/mol. The molecule has 4 heteroatoms. The maximum absolute atomic E-state index is 6.00. The first-order valence-electron chi connectivity index (χ1n) is 5.71. The van der Waals surface area contributed by atoms with Crippen LogP contribution in [0.2, 0.25) is 5.02 Å². The van der Waals surface area contributed by atoms with Gasteiger partial charge in [0.2, 0.25) is 0 Å². The molecule has 1 aliphatic heterocycles. The molecule has 92 valence electrons. The smallest absolute Gasteiger partial charge is 0.0426 e. The van der Waals surface area contributed by atoms with Gasteiger partial charge in [-0.05, 0) is 18.2 Å². The number of hydrogen-bond donors (Lipinski definition) is 0. The van der Waals surface area contributed by atoms with Crippen molar-refractivity contribution in [3.8, 4) is 0 Å².